The predicted molar refractivity (Wildman–Crippen MR) is 81.0 cm³/mol. The molecule has 2 rings (SSSR count). The summed E-state index contributed by atoms with van der Waals surface area (Å²) < 4.78 is 1.91. The Morgan fingerprint density at radius 3 is 2.30 bits per heavy atom. The van der Waals surface area contributed by atoms with Crippen LogP contribution in [0.3, 0.4) is 0 Å². The van der Waals surface area contributed by atoms with Gasteiger partial charge in [-0.05, 0) is 39.3 Å². The summed E-state index contributed by atoms with van der Waals surface area (Å²) in [4.78, 5) is 12.2. The van der Waals surface area contributed by atoms with Crippen LogP contribution in [0.1, 0.15) is 35.0 Å². The number of carbonyl (C=O) groups excluding carboxylic acids is 1. The van der Waals surface area contributed by atoms with E-state index in [9.17, 15) is 4.79 Å². The second-order valence-corrected chi connectivity index (χ2v) is 5.48. The number of hydrogen-bond donors (Lipinski definition) is 0. The molecule has 2 aromatic rings. The number of ketones is 1. The van der Waals surface area contributed by atoms with Crippen molar-refractivity contribution in [1.82, 2.24) is 9.78 Å². The Morgan fingerprint density at radius 2 is 1.70 bits per heavy atom. The van der Waals surface area contributed by atoms with Gasteiger partial charge in [0, 0.05) is 25.1 Å². The summed E-state index contributed by atoms with van der Waals surface area (Å²) in [7, 11) is 0. The summed E-state index contributed by atoms with van der Waals surface area (Å²) in [6, 6.07) is 8.31. The molecule has 3 heteroatoms. The van der Waals surface area contributed by atoms with E-state index in [4.69, 9.17) is 0 Å². The van der Waals surface area contributed by atoms with Crippen molar-refractivity contribution in [3.05, 3.63) is 52.3 Å². The fourth-order valence-electron chi connectivity index (χ4n) is 2.68. The van der Waals surface area contributed by atoms with Crippen molar-refractivity contribution in [2.45, 2.75) is 47.1 Å². The Hall–Kier alpha value is -1.90. The van der Waals surface area contributed by atoms with Crippen molar-refractivity contribution >= 4 is 5.78 Å². The number of aryl methyl sites for hydroxylation is 4. The van der Waals surface area contributed by atoms with Crippen LogP contribution in [-0.2, 0) is 24.2 Å². The molecule has 0 fully saturated rings. The molecule has 0 aliphatic carbocycles. The molecule has 0 spiro atoms. The zero-order valence-corrected chi connectivity index (χ0v) is 12.7. The lowest BCUT2D eigenvalue weighted by Crippen LogP contribution is -2.11. The van der Waals surface area contributed by atoms with Crippen LogP contribution in [0.15, 0.2) is 24.3 Å². The van der Waals surface area contributed by atoms with E-state index >= 15 is 0 Å². The van der Waals surface area contributed by atoms with Crippen molar-refractivity contribution in [2.75, 3.05) is 0 Å². The summed E-state index contributed by atoms with van der Waals surface area (Å²) in [6.45, 7) is 8.95. The molecule has 1 aromatic heterocycles. The third kappa shape index (κ3) is 3.56. The molecule has 0 saturated heterocycles. The first-order chi connectivity index (χ1) is 9.47. The average Bonchev–Trinajstić information content (AvgIpc) is 2.67. The molecule has 0 bridgehead atoms. The van der Waals surface area contributed by atoms with Crippen molar-refractivity contribution in [3.8, 4) is 0 Å². The van der Waals surface area contributed by atoms with Gasteiger partial charge in [-0.1, -0.05) is 29.3 Å². The lowest BCUT2D eigenvalue weighted by Gasteiger charge is -2.06. The zero-order valence-electron chi connectivity index (χ0n) is 12.7. The van der Waals surface area contributed by atoms with Crippen LogP contribution >= 0.6 is 0 Å². The summed E-state index contributed by atoms with van der Waals surface area (Å²) in [5.41, 5.74) is 5.51. The summed E-state index contributed by atoms with van der Waals surface area (Å²) in [6.07, 6.45) is 0.956. The average molecular weight is 270 g/mol. The maximum atomic E-state index is 12.2. The van der Waals surface area contributed by atoms with Gasteiger partial charge in [-0.25, -0.2) is 0 Å². The van der Waals surface area contributed by atoms with Gasteiger partial charge in [-0.15, -0.1) is 0 Å². The molecular weight excluding hydrogens is 248 g/mol. The lowest BCUT2D eigenvalue weighted by atomic mass is 10.0. The van der Waals surface area contributed by atoms with Crippen LogP contribution in [-0.4, -0.2) is 15.6 Å². The molecule has 0 radical (unpaired) electrons. The Kier molecular flexibility index (Phi) is 4.38. The molecule has 0 N–H and O–H groups in total. The maximum absolute atomic E-state index is 12.2. The number of hydrogen-bond acceptors (Lipinski definition) is 2. The largest absolute Gasteiger partial charge is 0.299 e. The number of nitrogens with zero attached hydrogens (tertiary/aromatic N) is 2. The quantitative estimate of drug-likeness (QED) is 0.836. The summed E-state index contributed by atoms with van der Waals surface area (Å²) in [5.74, 6) is 0.240. The molecule has 0 saturated carbocycles. The van der Waals surface area contributed by atoms with Crippen LogP contribution in [0.4, 0.5) is 0 Å². The molecule has 106 valence electrons. The fraction of sp³-hybridized carbons (Fsp3) is 0.412. The second-order valence-electron chi connectivity index (χ2n) is 5.48. The van der Waals surface area contributed by atoms with Gasteiger partial charge in [0.15, 0.2) is 0 Å². The minimum absolute atomic E-state index is 0.240. The minimum atomic E-state index is 0.240. The molecule has 20 heavy (non-hydrogen) atoms. The third-order valence-corrected chi connectivity index (χ3v) is 3.35. The SMILES string of the molecule is CCn1nc(C)cc1CC(=O)Cc1cc(C)cc(C)c1. The normalized spacial score (nSPS) is 10.8. The van der Waals surface area contributed by atoms with Crippen LogP contribution in [0.25, 0.3) is 0 Å². The van der Waals surface area contributed by atoms with E-state index in [1.165, 1.54) is 11.1 Å². The third-order valence-electron chi connectivity index (χ3n) is 3.35. The number of Topliss-reactive ketones (excluding diaryl/α,β-unsaturated/α-hetero) is 1. The van der Waals surface area contributed by atoms with Gasteiger partial charge in [0.25, 0.3) is 0 Å². The standard InChI is InChI=1S/C17H22N2O/c1-5-19-16(9-14(4)18-19)11-17(20)10-15-7-12(2)6-13(3)8-15/h6-9H,5,10-11H2,1-4H3. The molecule has 0 atom stereocenters. The highest BCUT2D eigenvalue weighted by Crippen LogP contribution is 2.12. The van der Waals surface area contributed by atoms with Crippen molar-refractivity contribution in [2.24, 2.45) is 0 Å². The minimum Gasteiger partial charge on any atom is -0.299 e. The molecule has 0 amide bonds. The highest BCUT2D eigenvalue weighted by atomic mass is 16.1. The van der Waals surface area contributed by atoms with E-state index in [1.807, 2.05) is 24.6 Å². The van der Waals surface area contributed by atoms with Crippen LogP contribution < -0.4 is 0 Å². The molecule has 0 aliphatic rings. The van der Waals surface area contributed by atoms with Crippen molar-refractivity contribution < 1.29 is 4.79 Å². The van der Waals surface area contributed by atoms with E-state index < -0.39 is 0 Å². The number of benzene rings is 1. The molecular formula is C17H22N2O. The molecule has 3 nitrogen and oxygen atoms in total. The Balaban J connectivity index is 2.08. The maximum Gasteiger partial charge on any atom is 0.143 e. The van der Waals surface area contributed by atoms with Crippen LogP contribution in [0.5, 0.6) is 0 Å². The highest BCUT2D eigenvalue weighted by molar-refractivity contribution is 5.82. The second kappa shape index (κ2) is 6.04. The highest BCUT2D eigenvalue weighted by Gasteiger charge is 2.10. The first-order valence-electron chi connectivity index (χ1n) is 7.10. The van der Waals surface area contributed by atoms with Crippen molar-refractivity contribution in [1.29, 1.82) is 0 Å². The van der Waals surface area contributed by atoms with Gasteiger partial charge in [0.2, 0.25) is 0 Å². The first-order valence-corrected chi connectivity index (χ1v) is 7.10. The smallest absolute Gasteiger partial charge is 0.143 e. The Morgan fingerprint density at radius 1 is 1.05 bits per heavy atom. The summed E-state index contributed by atoms with van der Waals surface area (Å²) >= 11 is 0. The molecule has 0 unspecified atom stereocenters. The lowest BCUT2D eigenvalue weighted by molar-refractivity contribution is -0.117. The van der Waals surface area contributed by atoms with Gasteiger partial charge in [-0.3, -0.25) is 9.48 Å². The van der Waals surface area contributed by atoms with E-state index in [-0.39, 0.29) is 5.78 Å². The topological polar surface area (TPSA) is 34.9 Å². The predicted octanol–water partition coefficient (Wildman–Crippen LogP) is 3.18. The number of rotatable bonds is 5. The molecule has 1 heterocycles. The van der Waals surface area contributed by atoms with E-state index in [0.717, 1.165) is 23.5 Å². The van der Waals surface area contributed by atoms with E-state index in [1.54, 1.807) is 0 Å². The monoisotopic (exact) mass is 270 g/mol. The van der Waals surface area contributed by atoms with Crippen LogP contribution in [0, 0.1) is 20.8 Å². The fourth-order valence-corrected chi connectivity index (χ4v) is 2.68. The van der Waals surface area contributed by atoms with Crippen LogP contribution in [0.2, 0.25) is 0 Å². The van der Waals surface area contributed by atoms with Gasteiger partial charge < -0.3 is 0 Å². The number of carbonyl (C=O) groups is 1. The molecule has 1 aromatic carbocycles. The summed E-state index contributed by atoms with van der Waals surface area (Å²) in [5, 5.41) is 4.38. The Labute approximate surface area is 120 Å². The van der Waals surface area contributed by atoms with Gasteiger partial charge in [0.05, 0.1) is 5.69 Å². The van der Waals surface area contributed by atoms with E-state index in [0.29, 0.717) is 12.8 Å². The molecule has 0 aliphatic heterocycles. The van der Waals surface area contributed by atoms with E-state index in [2.05, 4.69) is 37.1 Å². The number of aromatic nitrogens is 2. The zero-order chi connectivity index (χ0) is 14.7. The van der Waals surface area contributed by atoms with Gasteiger partial charge in [0.1, 0.15) is 5.78 Å². The Bertz CT molecular complexity index is 606. The van der Waals surface area contributed by atoms with Gasteiger partial charge >= 0.3 is 0 Å². The first kappa shape index (κ1) is 14.5. The van der Waals surface area contributed by atoms with Gasteiger partial charge in [-0.2, -0.15) is 5.10 Å². The van der Waals surface area contributed by atoms with Crippen molar-refractivity contribution in [3.63, 3.8) is 0 Å².